The highest BCUT2D eigenvalue weighted by atomic mass is 79.9. The Kier molecular flexibility index (Phi) is 3.48. The molecule has 0 heterocycles. The lowest BCUT2D eigenvalue weighted by molar-refractivity contribution is 0.103. The molecule has 3 heteroatoms. The summed E-state index contributed by atoms with van der Waals surface area (Å²) in [6.07, 6.45) is 0. The normalized spacial score (nSPS) is 13.6. The number of carbonyl (C=O) groups excluding carboxylic acids is 2. The van der Waals surface area contributed by atoms with Crippen LogP contribution < -0.4 is 0 Å². The second-order valence-corrected chi connectivity index (χ2v) is 10.9. The zero-order valence-corrected chi connectivity index (χ0v) is 20.9. The molecule has 0 aromatic heterocycles. The van der Waals surface area contributed by atoms with Gasteiger partial charge in [-0.2, -0.15) is 0 Å². The van der Waals surface area contributed by atoms with Crippen LogP contribution in [0.4, 0.5) is 0 Å². The number of fused-ring (bicyclic) bond motifs is 6. The summed E-state index contributed by atoms with van der Waals surface area (Å²) in [6.45, 7) is 0. The van der Waals surface area contributed by atoms with Gasteiger partial charge >= 0.3 is 0 Å². The SMILES string of the molecule is O=C1c2ccccc2-c2ccc3c4cc(Br)c5c6c(ccc(c7ccc1c2c73)c64)-c1ccccc1C5=O. The monoisotopic (exact) mass is 534 g/mol. The molecule has 0 atom stereocenters. The molecule has 0 unspecified atom stereocenters. The summed E-state index contributed by atoms with van der Waals surface area (Å²) in [5, 5.41) is 8.67. The minimum atomic E-state index is 0.0527. The van der Waals surface area contributed by atoms with Crippen LogP contribution >= 0.6 is 15.9 Å². The molecular weight excluding hydrogens is 520 g/mol. The molecule has 7 aromatic carbocycles. The molecule has 2 nitrogen and oxygen atoms in total. The topological polar surface area (TPSA) is 34.1 Å². The molecule has 0 saturated carbocycles. The minimum Gasteiger partial charge on any atom is -0.289 e. The summed E-state index contributed by atoms with van der Waals surface area (Å²) >= 11 is 3.78. The highest BCUT2D eigenvalue weighted by molar-refractivity contribution is 9.10. The van der Waals surface area contributed by atoms with Crippen LogP contribution in [-0.2, 0) is 0 Å². The zero-order valence-electron chi connectivity index (χ0n) is 19.4. The van der Waals surface area contributed by atoms with E-state index in [9.17, 15) is 9.59 Å². The Bertz CT molecular complexity index is 2240. The molecule has 37 heavy (non-hydrogen) atoms. The molecule has 0 amide bonds. The first-order valence-corrected chi connectivity index (χ1v) is 13.1. The summed E-state index contributed by atoms with van der Waals surface area (Å²) in [5.41, 5.74) is 7.14. The van der Waals surface area contributed by atoms with Gasteiger partial charge in [-0.15, -0.1) is 0 Å². The predicted octanol–water partition coefficient (Wildman–Crippen LogP) is 8.92. The number of halogens is 1. The summed E-state index contributed by atoms with van der Waals surface area (Å²) < 4.78 is 0.804. The largest absolute Gasteiger partial charge is 0.289 e. The standard InChI is InChI=1S/C34H15BrO2/c35-27-15-26-22-12-9-18-16-5-1-3-7-23(16)33(36)25-14-13-20(28(22)29(18)25)21-11-10-19-17-6-2-4-8-24(17)34(37)32(27)31(19)30(21)26/h1-15H. The number of hydrogen-bond donors (Lipinski definition) is 0. The van der Waals surface area contributed by atoms with Gasteiger partial charge in [0.05, 0.1) is 0 Å². The fraction of sp³-hybridized carbons (Fsp3) is 0. The second kappa shape index (κ2) is 6.50. The molecule has 2 aliphatic carbocycles. The van der Waals surface area contributed by atoms with Crippen molar-refractivity contribution in [1.82, 2.24) is 0 Å². The van der Waals surface area contributed by atoms with Gasteiger partial charge in [0.25, 0.3) is 0 Å². The predicted molar refractivity (Wildman–Crippen MR) is 153 cm³/mol. The Hall–Kier alpha value is -4.34. The summed E-state index contributed by atoms with van der Waals surface area (Å²) in [5.74, 6) is 0.128. The highest BCUT2D eigenvalue weighted by Gasteiger charge is 2.31. The third kappa shape index (κ3) is 2.19. The third-order valence-electron chi connectivity index (χ3n) is 8.37. The quantitative estimate of drug-likeness (QED) is 0.144. The van der Waals surface area contributed by atoms with Crippen LogP contribution in [0, 0.1) is 0 Å². The van der Waals surface area contributed by atoms with Gasteiger partial charge in [-0.05, 0) is 82.6 Å². The maximum absolute atomic E-state index is 13.7. The average Bonchev–Trinajstić information content (AvgIpc) is 2.94. The first kappa shape index (κ1) is 19.8. The maximum Gasteiger partial charge on any atom is 0.195 e. The van der Waals surface area contributed by atoms with E-state index in [0.29, 0.717) is 0 Å². The lowest BCUT2D eigenvalue weighted by Crippen LogP contribution is -2.12. The molecule has 0 radical (unpaired) electrons. The van der Waals surface area contributed by atoms with Crippen molar-refractivity contribution < 1.29 is 9.59 Å². The molecular formula is C34H15BrO2. The lowest BCUT2D eigenvalue weighted by atomic mass is 9.77. The molecule has 0 saturated heterocycles. The van der Waals surface area contributed by atoms with E-state index in [0.717, 1.165) is 92.1 Å². The highest BCUT2D eigenvalue weighted by Crippen LogP contribution is 2.51. The van der Waals surface area contributed by atoms with Crippen LogP contribution in [0.25, 0.3) is 65.3 Å². The van der Waals surface area contributed by atoms with Crippen molar-refractivity contribution in [3.8, 4) is 22.3 Å². The van der Waals surface area contributed by atoms with Crippen molar-refractivity contribution in [3.63, 3.8) is 0 Å². The lowest BCUT2D eigenvalue weighted by Gasteiger charge is -2.26. The Balaban J connectivity index is 1.55. The van der Waals surface area contributed by atoms with Crippen LogP contribution in [0.3, 0.4) is 0 Å². The zero-order chi connectivity index (χ0) is 24.6. The van der Waals surface area contributed by atoms with E-state index in [4.69, 9.17) is 0 Å². The molecule has 7 aromatic rings. The number of ketones is 2. The number of rotatable bonds is 0. The number of hydrogen-bond acceptors (Lipinski definition) is 2. The van der Waals surface area contributed by atoms with E-state index in [1.807, 2.05) is 54.6 Å². The second-order valence-electron chi connectivity index (χ2n) is 10.0. The van der Waals surface area contributed by atoms with E-state index in [2.05, 4.69) is 52.3 Å². The molecule has 9 rings (SSSR count). The Labute approximate surface area is 219 Å². The Morgan fingerprint density at radius 3 is 1.54 bits per heavy atom. The van der Waals surface area contributed by atoms with Gasteiger partial charge in [0.2, 0.25) is 0 Å². The van der Waals surface area contributed by atoms with Crippen molar-refractivity contribution in [2.45, 2.75) is 0 Å². The van der Waals surface area contributed by atoms with Crippen LogP contribution in [0.1, 0.15) is 31.8 Å². The fourth-order valence-electron chi connectivity index (χ4n) is 6.89. The Morgan fingerprint density at radius 2 is 0.892 bits per heavy atom. The van der Waals surface area contributed by atoms with E-state index in [1.54, 1.807) is 0 Å². The van der Waals surface area contributed by atoms with Crippen molar-refractivity contribution in [2.24, 2.45) is 0 Å². The van der Waals surface area contributed by atoms with Gasteiger partial charge in [-0.1, -0.05) is 78.9 Å². The number of carbonyl (C=O) groups is 2. The van der Waals surface area contributed by atoms with Crippen molar-refractivity contribution in [2.75, 3.05) is 0 Å². The molecule has 0 aliphatic heterocycles. The average molecular weight is 535 g/mol. The fourth-order valence-corrected chi connectivity index (χ4v) is 7.49. The Morgan fingerprint density at radius 1 is 0.405 bits per heavy atom. The molecule has 170 valence electrons. The van der Waals surface area contributed by atoms with Gasteiger partial charge in [-0.3, -0.25) is 9.59 Å². The van der Waals surface area contributed by atoms with E-state index in [-0.39, 0.29) is 11.6 Å². The molecule has 0 fully saturated rings. The molecule has 0 N–H and O–H groups in total. The smallest absolute Gasteiger partial charge is 0.195 e. The summed E-state index contributed by atoms with van der Waals surface area (Å²) in [6, 6.07) is 30.6. The van der Waals surface area contributed by atoms with Crippen molar-refractivity contribution in [3.05, 3.63) is 118 Å². The first-order valence-electron chi connectivity index (χ1n) is 12.3. The third-order valence-corrected chi connectivity index (χ3v) is 9.00. The van der Waals surface area contributed by atoms with Gasteiger partial charge < -0.3 is 0 Å². The summed E-state index contributed by atoms with van der Waals surface area (Å²) in [4.78, 5) is 27.3. The maximum atomic E-state index is 13.7. The van der Waals surface area contributed by atoms with E-state index >= 15 is 0 Å². The molecule has 0 bridgehead atoms. The van der Waals surface area contributed by atoms with Crippen molar-refractivity contribution in [1.29, 1.82) is 0 Å². The van der Waals surface area contributed by atoms with E-state index < -0.39 is 0 Å². The van der Waals surface area contributed by atoms with Gasteiger partial charge in [0.1, 0.15) is 0 Å². The van der Waals surface area contributed by atoms with Gasteiger partial charge in [0.15, 0.2) is 11.6 Å². The van der Waals surface area contributed by atoms with Gasteiger partial charge in [0, 0.05) is 37.5 Å². The van der Waals surface area contributed by atoms with Crippen molar-refractivity contribution >= 4 is 70.6 Å². The first-order chi connectivity index (χ1) is 18.1. The van der Waals surface area contributed by atoms with Crippen LogP contribution in [0.2, 0.25) is 0 Å². The molecule has 0 spiro atoms. The van der Waals surface area contributed by atoms with E-state index in [1.165, 1.54) is 0 Å². The van der Waals surface area contributed by atoms with Crippen LogP contribution in [-0.4, -0.2) is 11.6 Å². The number of benzene rings is 7. The van der Waals surface area contributed by atoms with Crippen LogP contribution in [0.15, 0.2) is 95.5 Å². The minimum absolute atomic E-state index is 0.0527. The summed E-state index contributed by atoms with van der Waals surface area (Å²) in [7, 11) is 0. The molecule has 2 aliphatic rings. The van der Waals surface area contributed by atoms with Crippen LogP contribution in [0.5, 0.6) is 0 Å². The van der Waals surface area contributed by atoms with Gasteiger partial charge in [-0.25, -0.2) is 0 Å².